The summed E-state index contributed by atoms with van der Waals surface area (Å²) in [5, 5.41) is 13.0. The summed E-state index contributed by atoms with van der Waals surface area (Å²) in [7, 11) is 0. The van der Waals surface area contributed by atoms with E-state index in [4.69, 9.17) is 9.47 Å². The Bertz CT molecular complexity index is 1410. The van der Waals surface area contributed by atoms with E-state index in [0.717, 1.165) is 27.3 Å². The van der Waals surface area contributed by atoms with Gasteiger partial charge >= 0.3 is 12.1 Å². The molecule has 0 spiro atoms. The molecule has 0 radical (unpaired) electrons. The number of aliphatic hydroxyl groups is 1. The van der Waals surface area contributed by atoms with Crippen molar-refractivity contribution in [3.05, 3.63) is 95.2 Å². The first kappa shape index (κ1) is 32.0. The Labute approximate surface area is 258 Å². The molecule has 2 saturated heterocycles. The first-order valence-electron chi connectivity index (χ1n) is 14.4. The highest BCUT2D eigenvalue weighted by Gasteiger charge is 2.47. The van der Waals surface area contributed by atoms with Crippen molar-refractivity contribution in [1.82, 2.24) is 15.2 Å². The molecule has 2 N–H and O–H groups in total. The van der Waals surface area contributed by atoms with Crippen molar-refractivity contribution in [1.29, 1.82) is 0 Å². The van der Waals surface area contributed by atoms with Gasteiger partial charge in [-0.3, -0.25) is 9.59 Å². The van der Waals surface area contributed by atoms with Gasteiger partial charge in [-0.2, -0.15) is 13.2 Å². The lowest BCUT2D eigenvalue weighted by Gasteiger charge is -2.41. The largest absolute Gasteiger partial charge is 0.471 e. The summed E-state index contributed by atoms with van der Waals surface area (Å²) in [5.41, 5.74) is 3.29. The number of thioether (sulfide) groups is 1. The first-order chi connectivity index (χ1) is 21.1. The molecule has 5 rings (SSSR count). The first-order valence-corrected chi connectivity index (χ1v) is 15.4. The lowest BCUT2D eigenvalue weighted by atomic mass is 9.91. The Morgan fingerprint density at radius 1 is 1.02 bits per heavy atom. The number of alkyl halides is 3. The molecule has 44 heavy (non-hydrogen) atoms. The molecule has 2 amide bonds. The van der Waals surface area contributed by atoms with Crippen LogP contribution in [-0.4, -0.2) is 57.4 Å². The van der Waals surface area contributed by atoms with Crippen molar-refractivity contribution in [3.8, 4) is 0 Å². The van der Waals surface area contributed by atoms with Crippen molar-refractivity contribution in [2.45, 2.75) is 68.7 Å². The molecule has 0 unspecified atom stereocenters. The lowest BCUT2D eigenvalue weighted by Crippen LogP contribution is -2.50. The summed E-state index contributed by atoms with van der Waals surface area (Å²) in [6.07, 6.45) is -3.86. The number of nitrogens with zero attached hydrogens (tertiary/aromatic N) is 2. The van der Waals surface area contributed by atoms with Gasteiger partial charge in [-0.1, -0.05) is 61.5 Å². The fraction of sp³-hybridized carbons (Fsp3) is 0.406. The fourth-order valence-electron chi connectivity index (χ4n) is 5.45. The van der Waals surface area contributed by atoms with E-state index in [-0.39, 0.29) is 44.2 Å². The molecule has 12 heteroatoms. The van der Waals surface area contributed by atoms with Gasteiger partial charge in [0.15, 0.2) is 6.29 Å². The maximum absolute atomic E-state index is 12.9. The number of amides is 2. The zero-order valence-electron chi connectivity index (χ0n) is 24.1. The van der Waals surface area contributed by atoms with Crippen LogP contribution in [0.5, 0.6) is 0 Å². The average molecular weight is 630 g/mol. The second-order valence-corrected chi connectivity index (χ2v) is 12.0. The molecule has 2 aliphatic heterocycles. The summed E-state index contributed by atoms with van der Waals surface area (Å²) in [6.45, 7) is 2.03. The minimum Gasteiger partial charge on any atom is -0.392 e. The smallest absolute Gasteiger partial charge is 0.392 e. The second kappa shape index (κ2) is 14.1. The van der Waals surface area contributed by atoms with Gasteiger partial charge in [-0.25, -0.2) is 4.98 Å². The molecule has 0 aliphatic carbocycles. The Kier molecular flexibility index (Phi) is 10.2. The van der Waals surface area contributed by atoms with Crippen molar-refractivity contribution >= 4 is 23.6 Å². The highest BCUT2D eigenvalue weighted by atomic mass is 32.2. The van der Waals surface area contributed by atoms with E-state index in [9.17, 15) is 27.9 Å². The zero-order chi connectivity index (χ0) is 31.3. The zero-order valence-corrected chi connectivity index (χ0v) is 24.9. The average Bonchev–Trinajstić information content (AvgIpc) is 3.53. The standard InChI is InChI=1S/C32H34F3N3O5S/c1-20-26(19-44-27-6-2-3-15-36-27)42-30(43-28(20)23-11-9-22(18-39)10-12-23)24-13-7-21(8-14-24)17-37-29(40)25-5-4-16-38(25)31(41)32(33,34)35/h2-3,6-15,20,25-26,28,30,39H,4-5,16-19H2,1H3,(H,37,40)/t20-,25-,26+,28+,30+/m0/s1. The predicted molar refractivity (Wildman–Crippen MR) is 157 cm³/mol. The van der Waals surface area contributed by atoms with E-state index < -0.39 is 30.3 Å². The van der Waals surface area contributed by atoms with Gasteiger partial charge in [-0.15, -0.1) is 11.8 Å². The third-order valence-electron chi connectivity index (χ3n) is 7.93. The number of rotatable bonds is 9. The summed E-state index contributed by atoms with van der Waals surface area (Å²) in [4.78, 5) is 29.4. The van der Waals surface area contributed by atoms with Crippen molar-refractivity contribution in [3.63, 3.8) is 0 Å². The number of hydrogen-bond acceptors (Lipinski definition) is 7. The Hall–Kier alpha value is -3.45. The van der Waals surface area contributed by atoms with Crippen LogP contribution in [0.25, 0.3) is 0 Å². The SMILES string of the molecule is C[C@H]1[C@@H](CSc2ccccn2)O[C@@H](c2ccc(CNC(=O)[C@@H]3CCCN3C(=O)C(F)(F)F)cc2)O[C@H]1c1ccc(CO)cc1. The molecule has 2 fully saturated rings. The van der Waals surface area contributed by atoms with Crippen LogP contribution in [0, 0.1) is 5.92 Å². The topological polar surface area (TPSA) is 101 Å². The van der Waals surface area contributed by atoms with Gasteiger partial charge in [-0.05, 0) is 41.7 Å². The number of aliphatic hydroxyl groups excluding tert-OH is 1. The number of nitrogens with one attached hydrogen (secondary N) is 1. The minimum atomic E-state index is -5.02. The van der Waals surface area contributed by atoms with Crippen LogP contribution in [0.3, 0.4) is 0 Å². The quantitative estimate of drug-likeness (QED) is 0.309. The molecule has 1 aromatic heterocycles. The van der Waals surface area contributed by atoms with Crippen LogP contribution < -0.4 is 5.32 Å². The molecule has 234 valence electrons. The Morgan fingerprint density at radius 2 is 1.73 bits per heavy atom. The molecule has 0 bridgehead atoms. The second-order valence-electron chi connectivity index (χ2n) is 10.9. The van der Waals surface area contributed by atoms with E-state index in [1.807, 2.05) is 54.6 Å². The van der Waals surface area contributed by atoms with Crippen LogP contribution in [0.15, 0.2) is 78.0 Å². The number of pyridine rings is 1. The van der Waals surface area contributed by atoms with Crippen LogP contribution in [0.4, 0.5) is 13.2 Å². The van der Waals surface area contributed by atoms with Crippen LogP contribution in [0.1, 0.15) is 54.4 Å². The van der Waals surface area contributed by atoms with Crippen molar-refractivity contribution in [2.24, 2.45) is 5.92 Å². The normalized spacial score (nSPS) is 23.8. The third-order valence-corrected chi connectivity index (χ3v) is 8.97. The molecule has 5 atom stereocenters. The number of hydrogen-bond donors (Lipinski definition) is 2. The minimum absolute atomic E-state index is 0.0105. The van der Waals surface area contributed by atoms with Gasteiger partial charge in [0.25, 0.3) is 0 Å². The summed E-state index contributed by atoms with van der Waals surface area (Å²) >= 11 is 1.60. The number of aromatic nitrogens is 1. The molecule has 0 saturated carbocycles. The van der Waals surface area contributed by atoms with Crippen molar-refractivity contribution in [2.75, 3.05) is 12.3 Å². The van der Waals surface area contributed by atoms with E-state index in [2.05, 4.69) is 17.2 Å². The molecular formula is C32H34F3N3O5S. The van der Waals surface area contributed by atoms with E-state index in [1.165, 1.54) is 0 Å². The molecule has 3 aromatic rings. The van der Waals surface area contributed by atoms with Gasteiger partial charge in [0, 0.05) is 36.5 Å². The predicted octanol–water partition coefficient (Wildman–Crippen LogP) is 5.33. The summed E-state index contributed by atoms with van der Waals surface area (Å²) < 4.78 is 51.8. The number of benzene rings is 2. The number of carbonyl (C=O) groups is 2. The van der Waals surface area contributed by atoms with E-state index >= 15 is 0 Å². The molecule has 2 aromatic carbocycles. The molecule has 2 aliphatic rings. The van der Waals surface area contributed by atoms with Gasteiger partial charge in [0.2, 0.25) is 5.91 Å². The maximum atomic E-state index is 12.9. The van der Waals surface area contributed by atoms with E-state index in [1.54, 1.807) is 30.1 Å². The van der Waals surface area contributed by atoms with Crippen LogP contribution in [-0.2, 0) is 32.2 Å². The molecule has 8 nitrogen and oxygen atoms in total. The van der Waals surface area contributed by atoms with Crippen molar-refractivity contribution < 1.29 is 37.3 Å². The fourth-order valence-corrected chi connectivity index (χ4v) is 6.48. The summed E-state index contributed by atoms with van der Waals surface area (Å²) in [6, 6.07) is 19.6. The van der Waals surface area contributed by atoms with Crippen LogP contribution in [0.2, 0.25) is 0 Å². The van der Waals surface area contributed by atoms with Gasteiger partial charge < -0.3 is 24.8 Å². The molecular weight excluding hydrogens is 595 g/mol. The van der Waals surface area contributed by atoms with Gasteiger partial charge in [0.05, 0.1) is 23.8 Å². The van der Waals surface area contributed by atoms with E-state index in [0.29, 0.717) is 17.1 Å². The molecule has 3 heterocycles. The number of halogens is 3. The highest BCUT2D eigenvalue weighted by Crippen LogP contribution is 2.43. The highest BCUT2D eigenvalue weighted by molar-refractivity contribution is 7.99. The number of carbonyl (C=O) groups excluding carboxylic acids is 2. The third kappa shape index (κ3) is 7.60. The monoisotopic (exact) mass is 629 g/mol. The van der Waals surface area contributed by atoms with Gasteiger partial charge in [0.1, 0.15) is 6.04 Å². The maximum Gasteiger partial charge on any atom is 0.471 e. The lowest BCUT2D eigenvalue weighted by molar-refractivity contribution is -0.268. The Morgan fingerprint density at radius 3 is 2.39 bits per heavy atom. The Balaban J connectivity index is 1.26. The number of ether oxygens (including phenoxy) is 2. The van der Waals surface area contributed by atoms with Crippen LogP contribution >= 0.6 is 11.8 Å². The number of likely N-dealkylation sites (tertiary alicyclic amines) is 1. The summed E-state index contributed by atoms with van der Waals surface area (Å²) in [5.74, 6) is -1.93.